The zero-order chi connectivity index (χ0) is 16.2. The Morgan fingerprint density at radius 3 is 2.57 bits per heavy atom. The minimum absolute atomic E-state index is 0.176. The third-order valence-corrected chi connectivity index (χ3v) is 5.73. The molecule has 1 fully saturated rings. The van der Waals surface area contributed by atoms with Gasteiger partial charge < -0.3 is 0 Å². The highest BCUT2D eigenvalue weighted by atomic mass is 32.2. The number of thioether (sulfide) groups is 1. The van der Waals surface area contributed by atoms with Gasteiger partial charge in [0.15, 0.2) is 0 Å². The summed E-state index contributed by atoms with van der Waals surface area (Å²) in [6.07, 6.45) is 3.50. The molecule has 0 saturated carbocycles. The number of imide groups is 1. The Hall–Kier alpha value is -1.85. The van der Waals surface area contributed by atoms with Gasteiger partial charge in [0.2, 0.25) is 0 Å². The van der Waals surface area contributed by atoms with Crippen molar-refractivity contribution in [3.8, 4) is 0 Å². The van der Waals surface area contributed by atoms with Crippen LogP contribution in [0.3, 0.4) is 0 Å². The predicted molar refractivity (Wildman–Crippen MR) is 96.5 cm³/mol. The van der Waals surface area contributed by atoms with E-state index < -0.39 is 0 Å². The number of carbonyl (C=O) groups excluding carboxylic acids is 2. The number of nitrogens with zero attached hydrogens (tertiary/aromatic N) is 1. The van der Waals surface area contributed by atoms with Crippen LogP contribution in [0.5, 0.6) is 0 Å². The lowest BCUT2D eigenvalue weighted by atomic mass is 10.1. The summed E-state index contributed by atoms with van der Waals surface area (Å²) in [4.78, 5) is 28.7. The van der Waals surface area contributed by atoms with Crippen molar-refractivity contribution >= 4 is 40.3 Å². The molecular weight excluding hydrogens is 326 g/mol. The molecule has 3 nitrogen and oxygen atoms in total. The second-order valence-corrected chi connectivity index (χ2v) is 7.42. The highest BCUT2D eigenvalue weighted by Gasteiger charge is 2.34. The molecular formula is C18H17NO2S2. The molecule has 118 valence electrons. The van der Waals surface area contributed by atoms with Gasteiger partial charge in [-0.25, -0.2) is 0 Å². The van der Waals surface area contributed by atoms with Gasteiger partial charge in [0.1, 0.15) is 0 Å². The maximum absolute atomic E-state index is 12.4. The van der Waals surface area contributed by atoms with Crippen molar-refractivity contribution in [1.29, 1.82) is 0 Å². The van der Waals surface area contributed by atoms with Gasteiger partial charge in [0, 0.05) is 16.3 Å². The number of thiophene rings is 1. The SMILES string of the molecule is CCc1ccc(/C=C2\SC(=O)N(CCc3ccccc3)C2=O)s1. The second kappa shape index (κ2) is 7.15. The van der Waals surface area contributed by atoms with Crippen molar-refractivity contribution in [2.75, 3.05) is 6.54 Å². The van der Waals surface area contributed by atoms with E-state index in [1.807, 2.05) is 42.5 Å². The third kappa shape index (κ3) is 3.74. The Kier molecular flexibility index (Phi) is 4.98. The van der Waals surface area contributed by atoms with Gasteiger partial charge in [-0.15, -0.1) is 11.3 Å². The maximum atomic E-state index is 12.4. The van der Waals surface area contributed by atoms with Crippen molar-refractivity contribution in [2.45, 2.75) is 19.8 Å². The van der Waals surface area contributed by atoms with Crippen LogP contribution in [0.1, 0.15) is 22.2 Å². The Bertz CT molecular complexity index is 749. The topological polar surface area (TPSA) is 37.4 Å². The fourth-order valence-electron chi connectivity index (χ4n) is 2.37. The predicted octanol–water partition coefficient (Wildman–Crippen LogP) is 4.59. The molecule has 1 aromatic heterocycles. The van der Waals surface area contributed by atoms with Crippen molar-refractivity contribution in [2.24, 2.45) is 0 Å². The van der Waals surface area contributed by atoms with Crippen LogP contribution in [0.25, 0.3) is 6.08 Å². The number of hydrogen-bond acceptors (Lipinski definition) is 4. The lowest BCUT2D eigenvalue weighted by Gasteiger charge is -2.11. The molecule has 0 bridgehead atoms. The molecule has 1 aliphatic heterocycles. The van der Waals surface area contributed by atoms with Crippen LogP contribution in [0.2, 0.25) is 0 Å². The third-order valence-electron chi connectivity index (χ3n) is 3.64. The highest BCUT2D eigenvalue weighted by molar-refractivity contribution is 8.18. The molecule has 5 heteroatoms. The molecule has 3 rings (SSSR count). The molecule has 0 radical (unpaired) electrons. The number of aryl methyl sites for hydroxylation is 1. The van der Waals surface area contributed by atoms with E-state index in [-0.39, 0.29) is 11.1 Å². The average Bonchev–Trinajstić information content (AvgIpc) is 3.12. The van der Waals surface area contributed by atoms with Gasteiger partial charge in [0.25, 0.3) is 11.1 Å². The van der Waals surface area contributed by atoms with Gasteiger partial charge in [-0.05, 0) is 48.4 Å². The van der Waals surface area contributed by atoms with Crippen LogP contribution >= 0.6 is 23.1 Å². The first-order valence-corrected chi connectivity index (χ1v) is 9.18. The van der Waals surface area contributed by atoms with E-state index in [1.165, 1.54) is 9.78 Å². The van der Waals surface area contributed by atoms with E-state index in [0.29, 0.717) is 17.9 Å². The number of carbonyl (C=O) groups is 2. The fourth-order valence-corrected chi connectivity index (χ4v) is 4.20. The van der Waals surface area contributed by atoms with Crippen LogP contribution in [-0.4, -0.2) is 22.6 Å². The molecule has 0 unspecified atom stereocenters. The van der Waals surface area contributed by atoms with E-state index in [0.717, 1.165) is 28.6 Å². The molecule has 2 heterocycles. The maximum Gasteiger partial charge on any atom is 0.293 e. The van der Waals surface area contributed by atoms with Crippen LogP contribution in [0.15, 0.2) is 47.4 Å². The van der Waals surface area contributed by atoms with Crippen LogP contribution in [-0.2, 0) is 17.6 Å². The van der Waals surface area contributed by atoms with Crippen molar-refractivity contribution in [3.63, 3.8) is 0 Å². The molecule has 23 heavy (non-hydrogen) atoms. The normalized spacial score (nSPS) is 16.6. The van der Waals surface area contributed by atoms with Crippen LogP contribution in [0.4, 0.5) is 4.79 Å². The van der Waals surface area contributed by atoms with Crippen LogP contribution < -0.4 is 0 Å². The molecule has 2 amide bonds. The van der Waals surface area contributed by atoms with Gasteiger partial charge in [-0.2, -0.15) is 0 Å². The van der Waals surface area contributed by atoms with E-state index in [9.17, 15) is 9.59 Å². The smallest absolute Gasteiger partial charge is 0.268 e. The average molecular weight is 343 g/mol. The largest absolute Gasteiger partial charge is 0.293 e. The summed E-state index contributed by atoms with van der Waals surface area (Å²) >= 11 is 2.70. The number of rotatable bonds is 5. The second-order valence-electron chi connectivity index (χ2n) is 5.23. The number of amides is 2. The highest BCUT2D eigenvalue weighted by Crippen LogP contribution is 2.33. The van der Waals surface area contributed by atoms with Crippen molar-refractivity contribution < 1.29 is 9.59 Å². The quantitative estimate of drug-likeness (QED) is 0.745. The molecule has 1 aromatic carbocycles. The lowest BCUT2D eigenvalue weighted by Crippen LogP contribution is -2.30. The number of benzene rings is 1. The first-order valence-electron chi connectivity index (χ1n) is 7.55. The molecule has 0 aliphatic carbocycles. The van der Waals surface area contributed by atoms with Gasteiger partial charge in [0.05, 0.1) is 4.91 Å². The Labute approximate surface area is 144 Å². The molecule has 1 saturated heterocycles. The summed E-state index contributed by atoms with van der Waals surface area (Å²) in [7, 11) is 0. The minimum atomic E-state index is -0.178. The standard InChI is InChI=1S/C18H17NO2S2/c1-2-14-8-9-15(22-14)12-16-17(20)19(18(21)23-16)11-10-13-6-4-3-5-7-13/h3-9,12H,2,10-11H2,1H3/b16-12-. The summed E-state index contributed by atoms with van der Waals surface area (Å²) < 4.78 is 0. The first kappa shape index (κ1) is 16.0. The van der Waals surface area contributed by atoms with Gasteiger partial charge in [-0.3, -0.25) is 14.5 Å². The molecule has 1 aliphatic rings. The Morgan fingerprint density at radius 1 is 1.09 bits per heavy atom. The number of hydrogen-bond donors (Lipinski definition) is 0. The lowest BCUT2D eigenvalue weighted by molar-refractivity contribution is -0.122. The molecule has 0 atom stereocenters. The van der Waals surface area contributed by atoms with Crippen molar-refractivity contribution in [3.05, 3.63) is 62.7 Å². The summed E-state index contributed by atoms with van der Waals surface area (Å²) in [5, 5.41) is -0.176. The molecule has 2 aromatic rings. The molecule has 0 spiro atoms. The molecule has 0 N–H and O–H groups in total. The van der Waals surface area contributed by atoms with Crippen molar-refractivity contribution in [1.82, 2.24) is 4.90 Å². The summed E-state index contributed by atoms with van der Waals surface area (Å²) in [6, 6.07) is 14.0. The summed E-state index contributed by atoms with van der Waals surface area (Å²) in [5.74, 6) is -0.178. The van der Waals surface area contributed by atoms with E-state index >= 15 is 0 Å². The summed E-state index contributed by atoms with van der Waals surface area (Å²) in [5.41, 5.74) is 1.13. The minimum Gasteiger partial charge on any atom is -0.268 e. The van der Waals surface area contributed by atoms with E-state index in [1.54, 1.807) is 11.3 Å². The zero-order valence-electron chi connectivity index (χ0n) is 12.8. The van der Waals surface area contributed by atoms with E-state index in [4.69, 9.17) is 0 Å². The van der Waals surface area contributed by atoms with E-state index in [2.05, 4.69) is 13.0 Å². The zero-order valence-corrected chi connectivity index (χ0v) is 14.5. The monoisotopic (exact) mass is 343 g/mol. The summed E-state index contributed by atoms with van der Waals surface area (Å²) in [6.45, 7) is 2.53. The van der Waals surface area contributed by atoms with Gasteiger partial charge in [-0.1, -0.05) is 37.3 Å². The Balaban J connectivity index is 1.69. The van der Waals surface area contributed by atoms with Gasteiger partial charge >= 0.3 is 0 Å². The fraction of sp³-hybridized carbons (Fsp3) is 0.222. The first-order chi connectivity index (χ1) is 11.2. The Morgan fingerprint density at radius 2 is 1.87 bits per heavy atom. The van der Waals surface area contributed by atoms with Crippen LogP contribution in [0, 0.1) is 0 Å².